The van der Waals surface area contributed by atoms with Crippen LogP contribution in [0.3, 0.4) is 0 Å². The van der Waals surface area contributed by atoms with E-state index in [9.17, 15) is 18.7 Å². The number of hydrogen-bond donors (Lipinski definition) is 2. The van der Waals surface area contributed by atoms with E-state index in [1.54, 1.807) is 6.07 Å². The molecular formula is C18H21NO4S. The maximum Gasteiger partial charge on any atom is 0.237 e. The summed E-state index contributed by atoms with van der Waals surface area (Å²) < 4.78 is 19.8. The molecule has 0 radical (unpaired) electrons. The topological polar surface area (TPSA) is 77.8 Å². The number of imide groups is 1. The van der Waals surface area contributed by atoms with Crippen LogP contribution < -0.4 is 4.90 Å². The maximum atomic E-state index is 13.0. The lowest BCUT2D eigenvalue weighted by molar-refractivity contribution is -0.129. The number of anilines is 1. The summed E-state index contributed by atoms with van der Waals surface area (Å²) in [7, 11) is -2.59. The van der Waals surface area contributed by atoms with Crippen molar-refractivity contribution in [3.8, 4) is 0 Å². The number of rotatable bonds is 1. The Morgan fingerprint density at radius 3 is 2.00 bits per heavy atom. The van der Waals surface area contributed by atoms with Crippen LogP contribution in [0.4, 0.5) is 5.69 Å². The number of hydrogen-bond acceptors (Lipinski definition) is 4. The van der Waals surface area contributed by atoms with Crippen LogP contribution in [-0.4, -0.2) is 20.9 Å². The molecule has 3 aliphatic carbocycles. The van der Waals surface area contributed by atoms with Gasteiger partial charge in [-0.2, -0.15) is 10.6 Å². The molecule has 128 valence electrons. The van der Waals surface area contributed by atoms with Gasteiger partial charge in [-0.1, -0.05) is 6.07 Å². The Balaban J connectivity index is 1.52. The first kappa shape index (κ1) is 14.9. The predicted molar refractivity (Wildman–Crippen MR) is 91.6 cm³/mol. The van der Waals surface area contributed by atoms with Gasteiger partial charge in [0, 0.05) is 0 Å². The van der Waals surface area contributed by atoms with Crippen molar-refractivity contribution in [2.24, 2.45) is 23.7 Å². The zero-order valence-corrected chi connectivity index (χ0v) is 14.2. The Labute approximate surface area is 142 Å². The highest BCUT2D eigenvalue weighted by Crippen LogP contribution is 2.55. The molecule has 2 unspecified atom stereocenters. The van der Waals surface area contributed by atoms with E-state index in [0.29, 0.717) is 17.5 Å². The Kier molecular flexibility index (Phi) is 3.01. The monoisotopic (exact) mass is 347 g/mol. The summed E-state index contributed by atoms with van der Waals surface area (Å²) in [5.41, 5.74) is 2.37. The molecule has 0 spiro atoms. The Hall–Kier alpha value is -1.37. The van der Waals surface area contributed by atoms with Gasteiger partial charge >= 0.3 is 0 Å². The molecular weight excluding hydrogens is 326 g/mol. The fourth-order valence-electron chi connectivity index (χ4n) is 5.40. The Morgan fingerprint density at radius 1 is 0.875 bits per heavy atom. The van der Waals surface area contributed by atoms with Crippen molar-refractivity contribution in [3.63, 3.8) is 0 Å². The lowest BCUT2D eigenvalue weighted by Gasteiger charge is -2.42. The quantitative estimate of drug-likeness (QED) is 0.764. The van der Waals surface area contributed by atoms with Crippen molar-refractivity contribution >= 4 is 28.1 Å². The van der Waals surface area contributed by atoms with Crippen molar-refractivity contribution in [1.29, 1.82) is 0 Å². The average Bonchev–Trinajstić information content (AvgIpc) is 3.02. The van der Waals surface area contributed by atoms with Crippen molar-refractivity contribution in [2.75, 3.05) is 4.90 Å². The van der Waals surface area contributed by atoms with E-state index in [0.717, 1.165) is 36.8 Å². The lowest BCUT2D eigenvalue weighted by atomic mass is 9.59. The third kappa shape index (κ3) is 1.96. The van der Waals surface area contributed by atoms with Crippen LogP contribution in [-0.2, 0) is 21.1 Å². The molecule has 24 heavy (non-hydrogen) atoms. The number of carbonyl (C=O) groups is 2. The van der Waals surface area contributed by atoms with Crippen LogP contribution >= 0.6 is 10.6 Å². The summed E-state index contributed by atoms with van der Waals surface area (Å²) in [6, 6.07) is 5.43. The van der Waals surface area contributed by atoms with Crippen molar-refractivity contribution < 1.29 is 18.7 Å². The fraction of sp³-hybridized carbons (Fsp3) is 0.556. The van der Waals surface area contributed by atoms with Crippen LogP contribution in [0.1, 0.15) is 36.8 Å². The van der Waals surface area contributed by atoms with Crippen LogP contribution in [0.25, 0.3) is 0 Å². The van der Waals surface area contributed by atoms with E-state index in [4.69, 9.17) is 0 Å². The van der Waals surface area contributed by atoms with E-state index < -0.39 is 10.6 Å². The van der Waals surface area contributed by atoms with Gasteiger partial charge in [-0.25, -0.2) is 0 Å². The van der Waals surface area contributed by atoms with Gasteiger partial charge in [-0.15, -0.1) is 0 Å². The van der Waals surface area contributed by atoms with Crippen molar-refractivity contribution in [2.45, 2.75) is 37.2 Å². The van der Waals surface area contributed by atoms with Gasteiger partial charge in [-0.3, -0.25) is 23.6 Å². The first-order valence-corrected chi connectivity index (χ1v) is 10.6. The summed E-state index contributed by atoms with van der Waals surface area (Å²) in [4.78, 5) is 27.3. The SMILES string of the molecule is O=C1C2C3CCC(CC3)C2C(=O)N1c1ccc2c(c1)CS(O)(O)C2. The Morgan fingerprint density at radius 2 is 1.42 bits per heavy atom. The molecule has 2 N–H and O–H groups in total. The van der Waals surface area contributed by atoms with E-state index >= 15 is 0 Å². The number of nitrogens with zero attached hydrogens (tertiary/aromatic N) is 1. The van der Waals surface area contributed by atoms with Gasteiger partial charge in [-0.05, 0) is 60.8 Å². The summed E-state index contributed by atoms with van der Waals surface area (Å²) in [6.07, 6.45) is 4.29. The second-order valence-electron chi connectivity index (χ2n) is 7.78. The molecule has 4 fully saturated rings. The largest absolute Gasteiger partial charge is 0.299 e. The van der Waals surface area contributed by atoms with Crippen molar-refractivity contribution in [1.82, 2.24) is 0 Å². The number of fused-ring (bicyclic) bond motifs is 3. The zero-order chi connectivity index (χ0) is 16.6. The highest BCUT2D eigenvalue weighted by molar-refractivity contribution is 8.23. The van der Waals surface area contributed by atoms with Gasteiger partial charge < -0.3 is 0 Å². The van der Waals surface area contributed by atoms with Gasteiger partial charge in [0.15, 0.2) is 0 Å². The molecule has 1 aromatic rings. The molecule has 1 aromatic carbocycles. The van der Waals surface area contributed by atoms with Gasteiger partial charge in [0.25, 0.3) is 0 Å². The average molecular weight is 347 g/mol. The van der Waals surface area contributed by atoms with E-state index in [-0.39, 0.29) is 35.2 Å². The van der Waals surface area contributed by atoms with E-state index in [1.807, 2.05) is 12.1 Å². The third-order valence-corrected chi connectivity index (χ3v) is 8.00. The molecule has 6 heteroatoms. The van der Waals surface area contributed by atoms with Crippen LogP contribution in [0, 0.1) is 23.7 Å². The second-order valence-corrected chi connectivity index (χ2v) is 9.96. The third-order valence-electron chi connectivity index (χ3n) is 6.45. The molecule has 2 atom stereocenters. The maximum absolute atomic E-state index is 13.0. The summed E-state index contributed by atoms with van der Waals surface area (Å²) in [6.45, 7) is 0. The zero-order valence-electron chi connectivity index (χ0n) is 13.4. The minimum atomic E-state index is -2.59. The minimum Gasteiger partial charge on any atom is -0.299 e. The lowest BCUT2D eigenvalue weighted by Crippen LogP contribution is -2.41. The first-order chi connectivity index (χ1) is 11.4. The normalized spacial score (nSPS) is 37.5. The number of benzene rings is 1. The van der Waals surface area contributed by atoms with Crippen LogP contribution in [0.2, 0.25) is 0 Å². The highest BCUT2D eigenvalue weighted by Gasteiger charge is 2.58. The van der Waals surface area contributed by atoms with Gasteiger partial charge in [0.05, 0.1) is 29.0 Å². The Bertz CT molecular complexity index is 723. The van der Waals surface area contributed by atoms with Gasteiger partial charge in [0.2, 0.25) is 11.8 Å². The molecule has 2 aliphatic heterocycles. The van der Waals surface area contributed by atoms with Crippen LogP contribution in [0.5, 0.6) is 0 Å². The standard InChI is InChI=1S/C18H21NO4S/c20-17-15-10-1-2-11(4-3-10)16(15)18(21)19(17)14-6-5-12-8-24(22,23)9-13(12)7-14/h5-7,10-11,15-16,22-23H,1-4,8-9H2. The summed E-state index contributed by atoms with van der Waals surface area (Å²) in [5.74, 6) is 0.903. The van der Waals surface area contributed by atoms with E-state index in [1.165, 1.54) is 4.90 Å². The van der Waals surface area contributed by atoms with Crippen LogP contribution in [0.15, 0.2) is 18.2 Å². The fourth-order valence-corrected chi connectivity index (χ4v) is 7.05. The molecule has 5 aliphatic rings. The van der Waals surface area contributed by atoms with Crippen molar-refractivity contribution in [3.05, 3.63) is 29.3 Å². The molecule has 1 saturated heterocycles. The molecule has 3 saturated carbocycles. The first-order valence-electron chi connectivity index (χ1n) is 8.68. The predicted octanol–water partition coefficient (Wildman–Crippen LogP) is 3.38. The number of carbonyl (C=O) groups excluding carboxylic acids is 2. The molecule has 5 nitrogen and oxygen atoms in total. The highest BCUT2D eigenvalue weighted by atomic mass is 32.3. The molecule has 6 rings (SSSR count). The minimum absolute atomic E-state index is 0.0380. The molecule has 0 aromatic heterocycles. The summed E-state index contributed by atoms with van der Waals surface area (Å²) in [5, 5.41) is 0. The molecule has 2 heterocycles. The second kappa shape index (κ2) is 4.84. The molecule has 2 bridgehead atoms. The van der Waals surface area contributed by atoms with Gasteiger partial charge in [0.1, 0.15) is 0 Å². The molecule has 2 amide bonds. The summed E-state index contributed by atoms with van der Waals surface area (Å²) >= 11 is 0. The number of amides is 2. The smallest absolute Gasteiger partial charge is 0.237 e. The van der Waals surface area contributed by atoms with E-state index in [2.05, 4.69) is 0 Å².